The molecule has 0 aliphatic carbocycles. The molecule has 4 aromatic rings. The average Bonchev–Trinajstić information content (AvgIpc) is 3.48. The van der Waals surface area contributed by atoms with Crippen LogP contribution in [-0.4, -0.2) is 33.4 Å². The van der Waals surface area contributed by atoms with Crippen LogP contribution in [-0.2, 0) is 16.1 Å². The van der Waals surface area contributed by atoms with Crippen molar-refractivity contribution in [1.82, 2.24) is 15.0 Å². The van der Waals surface area contributed by atoms with E-state index in [1.54, 1.807) is 17.0 Å². The van der Waals surface area contributed by atoms with Crippen LogP contribution in [0.4, 0.5) is 5.69 Å². The van der Waals surface area contributed by atoms with Gasteiger partial charge in [0.1, 0.15) is 0 Å². The second-order valence-corrected chi connectivity index (χ2v) is 8.52. The smallest absolute Gasteiger partial charge is 0.258 e. The summed E-state index contributed by atoms with van der Waals surface area (Å²) < 4.78 is 5.42. The Hall–Kier alpha value is -4.26. The van der Waals surface area contributed by atoms with Crippen LogP contribution in [0.15, 0.2) is 83.4 Å². The van der Waals surface area contributed by atoms with Gasteiger partial charge in [-0.3, -0.25) is 9.59 Å². The van der Waals surface area contributed by atoms with E-state index in [9.17, 15) is 9.59 Å². The Bertz CT molecular complexity index is 1300. The van der Waals surface area contributed by atoms with Crippen molar-refractivity contribution < 1.29 is 14.1 Å². The van der Waals surface area contributed by atoms with E-state index < -0.39 is 0 Å². The number of anilines is 1. The van der Waals surface area contributed by atoms with Gasteiger partial charge >= 0.3 is 0 Å². The van der Waals surface area contributed by atoms with Crippen LogP contribution in [0.25, 0.3) is 22.8 Å². The van der Waals surface area contributed by atoms with Crippen LogP contribution in [0.2, 0.25) is 0 Å². The predicted molar refractivity (Wildman–Crippen MR) is 129 cm³/mol. The minimum absolute atomic E-state index is 0.000116. The maximum Gasteiger partial charge on any atom is 0.258 e. The number of hydrogen-bond acceptors (Lipinski definition) is 5. The molecule has 0 spiro atoms. The number of benzene rings is 3. The maximum absolute atomic E-state index is 12.8. The van der Waals surface area contributed by atoms with Gasteiger partial charge < -0.3 is 14.7 Å². The van der Waals surface area contributed by atoms with Gasteiger partial charge in [-0.05, 0) is 36.8 Å². The van der Waals surface area contributed by atoms with E-state index in [4.69, 9.17) is 4.52 Å². The SMILES string of the molecule is Cc1ccc(-c2noc(-c3ccc(NC(=O)C4CC(=O)N(Cc5ccccc5)C4)cc3)n2)cc1. The Kier molecular flexibility index (Phi) is 5.91. The van der Waals surface area contributed by atoms with Gasteiger partial charge in [0.2, 0.25) is 17.6 Å². The number of hydrogen-bond donors (Lipinski definition) is 1. The molecular weight excluding hydrogens is 428 g/mol. The lowest BCUT2D eigenvalue weighted by Crippen LogP contribution is -2.28. The minimum Gasteiger partial charge on any atom is -0.338 e. The third-order valence-corrected chi connectivity index (χ3v) is 5.94. The van der Waals surface area contributed by atoms with Crippen molar-refractivity contribution >= 4 is 17.5 Å². The van der Waals surface area contributed by atoms with Crippen LogP contribution < -0.4 is 5.32 Å². The molecule has 1 unspecified atom stereocenters. The van der Waals surface area contributed by atoms with Crippen LogP contribution in [0, 0.1) is 12.8 Å². The predicted octanol–water partition coefficient (Wildman–Crippen LogP) is 4.70. The van der Waals surface area contributed by atoms with Crippen LogP contribution in [0.1, 0.15) is 17.5 Å². The number of carbonyl (C=O) groups excluding carboxylic acids is 2. The largest absolute Gasteiger partial charge is 0.338 e. The van der Waals surface area contributed by atoms with Crippen LogP contribution in [0.3, 0.4) is 0 Å². The molecule has 34 heavy (non-hydrogen) atoms. The van der Waals surface area contributed by atoms with E-state index in [0.717, 1.165) is 22.3 Å². The number of aromatic nitrogens is 2. The monoisotopic (exact) mass is 452 g/mol. The Morgan fingerprint density at radius 2 is 1.71 bits per heavy atom. The van der Waals surface area contributed by atoms with Gasteiger partial charge in [0.15, 0.2) is 0 Å². The van der Waals surface area contributed by atoms with Crippen molar-refractivity contribution in [2.45, 2.75) is 19.9 Å². The number of likely N-dealkylation sites (tertiary alicyclic amines) is 1. The maximum atomic E-state index is 12.8. The van der Waals surface area contributed by atoms with Gasteiger partial charge in [0, 0.05) is 36.3 Å². The summed E-state index contributed by atoms with van der Waals surface area (Å²) in [5, 5.41) is 6.99. The number of amides is 2. The van der Waals surface area contributed by atoms with Crippen LogP contribution in [0.5, 0.6) is 0 Å². The molecule has 5 rings (SSSR count). The summed E-state index contributed by atoms with van der Waals surface area (Å²) in [7, 11) is 0. The first-order chi connectivity index (χ1) is 16.5. The Balaban J connectivity index is 1.20. The molecule has 7 heteroatoms. The molecule has 0 bridgehead atoms. The Labute approximate surface area is 197 Å². The lowest BCUT2D eigenvalue weighted by molar-refractivity contribution is -0.128. The highest BCUT2D eigenvalue weighted by molar-refractivity contribution is 5.97. The molecule has 1 aromatic heterocycles. The summed E-state index contributed by atoms with van der Waals surface area (Å²) >= 11 is 0. The molecule has 1 N–H and O–H groups in total. The molecule has 1 saturated heterocycles. The standard InChI is InChI=1S/C27H24N4O3/c1-18-7-9-20(10-8-18)25-29-27(34-30-25)21-11-13-23(14-12-21)28-26(33)22-15-24(32)31(17-22)16-19-5-3-2-4-6-19/h2-14,22H,15-17H2,1H3,(H,28,33). The fourth-order valence-electron chi connectivity index (χ4n) is 4.01. The van der Waals surface area contributed by atoms with Crippen molar-refractivity contribution in [2.75, 3.05) is 11.9 Å². The van der Waals surface area contributed by atoms with Gasteiger partial charge in [0.05, 0.1) is 5.92 Å². The highest BCUT2D eigenvalue weighted by atomic mass is 16.5. The van der Waals surface area contributed by atoms with Crippen molar-refractivity contribution in [2.24, 2.45) is 5.92 Å². The quantitative estimate of drug-likeness (QED) is 0.458. The van der Waals surface area contributed by atoms with Crippen molar-refractivity contribution in [3.05, 3.63) is 90.0 Å². The molecule has 2 amide bonds. The lowest BCUT2D eigenvalue weighted by atomic mass is 10.1. The van der Waals surface area contributed by atoms with Gasteiger partial charge in [0.25, 0.3) is 5.89 Å². The molecule has 170 valence electrons. The number of nitrogens with one attached hydrogen (secondary N) is 1. The first-order valence-corrected chi connectivity index (χ1v) is 11.2. The highest BCUT2D eigenvalue weighted by Gasteiger charge is 2.34. The third-order valence-electron chi connectivity index (χ3n) is 5.94. The zero-order valence-corrected chi connectivity index (χ0v) is 18.8. The van der Waals surface area contributed by atoms with Crippen LogP contribution >= 0.6 is 0 Å². The van der Waals surface area contributed by atoms with Gasteiger partial charge in [-0.1, -0.05) is 65.3 Å². The summed E-state index contributed by atoms with van der Waals surface area (Å²) in [6.07, 6.45) is 0.223. The number of aryl methyl sites for hydroxylation is 1. The zero-order valence-electron chi connectivity index (χ0n) is 18.8. The first-order valence-electron chi connectivity index (χ1n) is 11.2. The topological polar surface area (TPSA) is 88.3 Å². The van der Waals surface area contributed by atoms with Gasteiger partial charge in [-0.25, -0.2) is 0 Å². The molecule has 2 heterocycles. The second kappa shape index (κ2) is 9.31. The molecule has 7 nitrogen and oxygen atoms in total. The van der Waals surface area contributed by atoms with Gasteiger partial charge in [-0.2, -0.15) is 4.98 Å². The fraction of sp³-hybridized carbons (Fsp3) is 0.185. The van der Waals surface area contributed by atoms with E-state index in [0.29, 0.717) is 30.5 Å². The van der Waals surface area contributed by atoms with E-state index in [-0.39, 0.29) is 24.2 Å². The number of carbonyl (C=O) groups is 2. The summed E-state index contributed by atoms with van der Waals surface area (Å²) in [5.41, 5.74) is 4.52. The fourth-order valence-corrected chi connectivity index (χ4v) is 4.01. The molecule has 1 aliphatic heterocycles. The molecule has 1 atom stereocenters. The molecule has 0 saturated carbocycles. The average molecular weight is 453 g/mol. The summed E-state index contributed by atoms with van der Waals surface area (Å²) in [5.74, 6) is 0.407. The summed E-state index contributed by atoms with van der Waals surface area (Å²) in [4.78, 5) is 31.4. The second-order valence-electron chi connectivity index (χ2n) is 8.52. The van der Waals surface area contributed by atoms with Crippen molar-refractivity contribution in [1.29, 1.82) is 0 Å². The number of rotatable bonds is 6. The molecule has 0 radical (unpaired) electrons. The summed E-state index contributed by atoms with van der Waals surface area (Å²) in [6, 6.07) is 24.9. The minimum atomic E-state index is -0.371. The van der Waals surface area contributed by atoms with E-state index in [2.05, 4.69) is 15.5 Å². The van der Waals surface area contributed by atoms with E-state index in [1.165, 1.54) is 0 Å². The van der Waals surface area contributed by atoms with Crippen molar-refractivity contribution in [3.63, 3.8) is 0 Å². The molecule has 3 aromatic carbocycles. The molecular formula is C27H24N4O3. The summed E-state index contributed by atoms with van der Waals surface area (Å²) in [6.45, 7) is 2.96. The highest BCUT2D eigenvalue weighted by Crippen LogP contribution is 2.25. The Morgan fingerprint density at radius 1 is 1.00 bits per heavy atom. The molecule has 1 aliphatic rings. The lowest BCUT2D eigenvalue weighted by Gasteiger charge is -2.16. The zero-order chi connectivity index (χ0) is 23.5. The van der Waals surface area contributed by atoms with Gasteiger partial charge in [-0.15, -0.1) is 0 Å². The Morgan fingerprint density at radius 3 is 2.44 bits per heavy atom. The van der Waals surface area contributed by atoms with E-state index >= 15 is 0 Å². The third kappa shape index (κ3) is 4.73. The van der Waals surface area contributed by atoms with Crippen molar-refractivity contribution in [3.8, 4) is 22.8 Å². The van der Waals surface area contributed by atoms with E-state index in [1.807, 2.05) is 73.7 Å². The normalized spacial score (nSPS) is 15.5. The first kappa shape index (κ1) is 21.6. The molecule has 1 fully saturated rings. The number of nitrogens with zero attached hydrogens (tertiary/aromatic N) is 3.